The van der Waals surface area contributed by atoms with Gasteiger partial charge in [0.1, 0.15) is 17.4 Å². The van der Waals surface area contributed by atoms with Gasteiger partial charge in [0.05, 0.1) is 37.2 Å². The summed E-state index contributed by atoms with van der Waals surface area (Å²) in [6, 6.07) is 23.9. The Morgan fingerprint density at radius 3 is 2.21 bits per heavy atom. The van der Waals surface area contributed by atoms with Gasteiger partial charge in [-0.15, -0.1) is 0 Å². The zero-order valence-corrected chi connectivity index (χ0v) is 24.4. The van der Waals surface area contributed by atoms with Crippen LogP contribution in [0.3, 0.4) is 0 Å². The maximum atomic E-state index is 14.6. The van der Waals surface area contributed by atoms with Gasteiger partial charge in [-0.2, -0.15) is 0 Å². The van der Waals surface area contributed by atoms with Crippen molar-refractivity contribution < 1.29 is 29.0 Å². The Kier molecular flexibility index (Phi) is 7.70. The largest absolute Gasteiger partial charge is 0.497 e. The first-order chi connectivity index (χ1) is 20.9. The van der Waals surface area contributed by atoms with E-state index in [2.05, 4.69) is 10.6 Å². The lowest BCUT2D eigenvalue weighted by molar-refractivity contribution is -0.148. The minimum absolute atomic E-state index is 0.298. The number of nitrogens with zero attached hydrogens (tertiary/aromatic N) is 1. The summed E-state index contributed by atoms with van der Waals surface area (Å²) in [4.78, 5) is 44.4. The van der Waals surface area contributed by atoms with E-state index in [0.29, 0.717) is 42.8 Å². The molecule has 3 fully saturated rings. The van der Waals surface area contributed by atoms with E-state index in [4.69, 9.17) is 9.47 Å². The highest BCUT2D eigenvalue weighted by molar-refractivity contribution is 6.05. The summed E-state index contributed by atoms with van der Waals surface area (Å²) >= 11 is 0. The molecule has 1 spiro atoms. The number of rotatable bonds is 10. The minimum atomic E-state index is -1.22. The number of hydrogen-bond donors (Lipinski definition) is 3. The topological polar surface area (TPSA) is 117 Å². The van der Waals surface area contributed by atoms with Crippen molar-refractivity contribution in [3.63, 3.8) is 0 Å². The third kappa shape index (κ3) is 4.86. The summed E-state index contributed by atoms with van der Waals surface area (Å²) in [5.41, 5.74) is -0.00144. The number of aliphatic hydroxyl groups is 1. The molecule has 0 radical (unpaired) electrons. The van der Waals surface area contributed by atoms with Crippen LogP contribution in [0.2, 0.25) is 0 Å². The quantitative estimate of drug-likeness (QED) is 0.332. The number of fused-ring (bicyclic) bond motifs is 1. The standard InChI is InChI=1S/C34H37N3O6/c1-3-33-18-19-34(43-33)28(27(33)30(39)35-23-12-8-5-9-13-23)32(41)37(25(21-38)20-22-10-6-4-7-11-22)29(34)31(40)36-24-14-16-26(42-2)17-15-24/h4-17,25,27-29,38H,3,18-21H2,1-2H3,(H,35,39)(H,36,40)/t25-,27-,28+,29?,33+,34?/m1/s1. The smallest absolute Gasteiger partial charge is 0.250 e. The van der Waals surface area contributed by atoms with Crippen LogP contribution in [0.4, 0.5) is 11.4 Å². The van der Waals surface area contributed by atoms with Crippen LogP contribution >= 0.6 is 0 Å². The molecule has 3 aromatic carbocycles. The van der Waals surface area contributed by atoms with Crippen molar-refractivity contribution in [2.75, 3.05) is 24.4 Å². The third-order valence-electron chi connectivity index (χ3n) is 9.47. The second kappa shape index (κ2) is 11.5. The average Bonchev–Trinajstić information content (AvgIpc) is 3.64. The lowest BCUT2D eigenvalue weighted by atomic mass is 9.65. The van der Waals surface area contributed by atoms with Crippen LogP contribution in [0.15, 0.2) is 84.9 Å². The molecule has 3 aliphatic rings. The van der Waals surface area contributed by atoms with Crippen LogP contribution in [0.1, 0.15) is 31.7 Å². The van der Waals surface area contributed by atoms with Crippen LogP contribution in [0.5, 0.6) is 5.75 Å². The van der Waals surface area contributed by atoms with E-state index in [-0.39, 0.29) is 18.4 Å². The number of benzene rings is 3. The van der Waals surface area contributed by atoms with E-state index in [9.17, 15) is 19.5 Å². The summed E-state index contributed by atoms with van der Waals surface area (Å²) in [6.07, 6.45) is 1.86. The fraction of sp³-hybridized carbons (Fsp3) is 0.382. The number of likely N-dealkylation sites (tertiary alicyclic amines) is 1. The molecule has 3 aliphatic heterocycles. The van der Waals surface area contributed by atoms with E-state index >= 15 is 0 Å². The van der Waals surface area contributed by atoms with Gasteiger partial charge in [0.25, 0.3) is 0 Å². The summed E-state index contributed by atoms with van der Waals surface area (Å²) in [6.45, 7) is 1.61. The van der Waals surface area contributed by atoms with Crippen molar-refractivity contribution in [2.45, 2.75) is 55.9 Å². The van der Waals surface area contributed by atoms with E-state index in [1.54, 1.807) is 43.5 Å². The highest BCUT2D eigenvalue weighted by Crippen LogP contribution is 2.64. The van der Waals surface area contributed by atoms with Crippen LogP contribution < -0.4 is 15.4 Å². The summed E-state index contributed by atoms with van der Waals surface area (Å²) in [7, 11) is 1.57. The van der Waals surface area contributed by atoms with E-state index in [1.807, 2.05) is 55.5 Å². The Hall–Kier alpha value is -4.21. The molecule has 6 rings (SSSR count). The van der Waals surface area contributed by atoms with E-state index in [1.165, 1.54) is 4.90 Å². The molecule has 2 bridgehead atoms. The zero-order valence-electron chi connectivity index (χ0n) is 24.4. The maximum absolute atomic E-state index is 14.6. The number of para-hydroxylation sites is 1. The summed E-state index contributed by atoms with van der Waals surface area (Å²) in [5, 5.41) is 16.6. The molecular formula is C34H37N3O6. The molecule has 0 saturated carbocycles. The van der Waals surface area contributed by atoms with Crippen molar-refractivity contribution in [3.8, 4) is 5.75 Å². The first kappa shape index (κ1) is 28.9. The van der Waals surface area contributed by atoms with Crippen LogP contribution in [-0.2, 0) is 25.5 Å². The molecular weight excluding hydrogens is 546 g/mol. The predicted octanol–water partition coefficient (Wildman–Crippen LogP) is 4.03. The molecule has 224 valence electrons. The van der Waals surface area contributed by atoms with Gasteiger partial charge in [0.15, 0.2) is 0 Å². The van der Waals surface area contributed by atoms with Crippen LogP contribution in [0, 0.1) is 11.8 Å². The van der Waals surface area contributed by atoms with Crippen molar-refractivity contribution in [1.29, 1.82) is 0 Å². The fourth-order valence-corrected chi connectivity index (χ4v) is 7.51. The van der Waals surface area contributed by atoms with Crippen molar-refractivity contribution in [2.24, 2.45) is 11.8 Å². The van der Waals surface area contributed by atoms with E-state index in [0.717, 1.165) is 5.56 Å². The molecule has 3 N–H and O–H groups in total. The Morgan fingerprint density at radius 2 is 1.58 bits per heavy atom. The first-order valence-corrected chi connectivity index (χ1v) is 14.8. The summed E-state index contributed by atoms with van der Waals surface area (Å²) < 4.78 is 12.1. The molecule has 3 heterocycles. The van der Waals surface area contributed by atoms with Gasteiger partial charge in [-0.05, 0) is 67.6 Å². The number of anilines is 2. The highest BCUT2D eigenvalue weighted by Gasteiger charge is 2.79. The zero-order chi connectivity index (χ0) is 30.2. The number of methoxy groups -OCH3 is 1. The number of hydrogen-bond acceptors (Lipinski definition) is 6. The Balaban J connectivity index is 1.40. The minimum Gasteiger partial charge on any atom is -0.497 e. The van der Waals surface area contributed by atoms with Gasteiger partial charge in [-0.1, -0.05) is 55.5 Å². The number of carbonyl (C=O) groups excluding carboxylic acids is 3. The number of ether oxygens (including phenoxy) is 2. The number of carbonyl (C=O) groups is 3. The van der Waals surface area contributed by atoms with Gasteiger partial charge >= 0.3 is 0 Å². The molecule has 9 nitrogen and oxygen atoms in total. The third-order valence-corrected chi connectivity index (χ3v) is 9.47. The first-order valence-electron chi connectivity index (χ1n) is 14.8. The van der Waals surface area contributed by atoms with E-state index < -0.39 is 41.0 Å². The Labute approximate surface area is 251 Å². The second-order valence-corrected chi connectivity index (χ2v) is 11.7. The van der Waals surface area contributed by atoms with Crippen molar-refractivity contribution in [1.82, 2.24) is 4.90 Å². The normalized spacial score (nSPS) is 27.9. The van der Waals surface area contributed by atoms with Crippen LogP contribution in [0.25, 0.3) is 0 Å². The molecule has 3 saturated heterocycles. The monoisotopic (exact) mass is 583 g/mol. The molecule has 3 amide bonds. The van der Waals surface area contributed by atoms with Gasteiger partial charge < -0.3 is 30.1 Å². The van der Waals surface area contributed by atoms with Crippen LogP contribution in [-0.4, -0.2) is 64.7 Å². The van der Waals surface area contributed by atoms with Crippen molar-refractivity contribution in [3.05, 3.63) is 90.5 Å². The lowest BCUT2D eigenvalue weighted by Crippen LogP contribution is -2.57. The molecule has 43 heavy (non-hydrogen) atoms. The number of aliphatic hydroxyl groups excluding tert-OH is 1. The maximum Gasteiger partial charge on any atom is 0.250 e. The van der Waals surface area contributed by atoms with Gasteiger partial charge in [-0.3, -0.25) is 14.4 Å². The Morgan fingerprint density at radius 1 is 0.953 bits per heavy atom. The summed E-state index contributed by atoms with van der Waals surface area (Å²) in [5.74, 6) is -2.07. The molecule has 2 unspecified atom stereocenters. The van der Waals surface area contributed by atoms with Gasteiger partial charge in [0, 0.05) is 11.4 Å². The average molecular weight is 584 g/mol. The second-order valence-electron chi connectivity index (χ2n) is 11.7. The predicted molar refractivity (Wildman–Crippen MR) is 161 cm³/mol. The number of nitrogens with one attached hydrogen (secondary N) is 2. The lowest BCUT2D eigenvalue weighted by Gasteiger charge is -2.37. The SMILES string of the molecule is CC[C@@]12CCC3(O1)C(C(=O)Nc1ccc(OC)cc1)N([C@@H](CO)Cc1ccccc1)C(=O)[C@@H]3[C@@H]2C(=O)Nc1ccccc1. The number of amides is 3. The van der Waals surface area contributed by atoms with Crippen molar-refractivity contribution >= 4 is 29.1 Å². The molecule has 9 heteroatoms. The molecule has 0 aromatic heterocycles. The molecule has 6 atom stereocenters. The molecule has 0 aliphatic carbocycles. The Bertz CT molecular complexity index is 1480. The molecule has 3 aromatic rings. The highest BCUT2D eigenvalue weighted by atomic mass is 16.5. The van der Waals surface area contributed by atoms with Gasteiger partial charge in [0.2, 0.25) is 17.7 Å². The van der Waals surface area contributed by atoms with Gasteiger partial charge in [-0.25, -0.2) is 0 Å². The fourth-order valence-electron chi connectivity index (χ4n) is 7.51.